The van der Waals surface area contributed by atoms with Crippen molar-refractivity contribution in [2.24, 2.45) is 12.8 Å². The van der Waals surface area contributed by atoms with E-state index >= 15 is 0 Å². The summed E-state index contributed by atoms with van der Waals surface area (Å²) in [7, 11) is 1.97. The fourth-order valence-electron chi connectivity index (χ4n) is 1.52. The molecule has 3 nitrogen and oxygen atoms in total. The Morgan fingerprint density at radius 1 is 1.40 bits per heavy atom. The lowest BCUT2D eigenvalue weighted by Gasteiger charge is -2.03. The lowest BCUT2D eigenvalue weighted by atomic mass is 10.2. The Hall–Kier alpha value is -1.13. The molecule has 0 aliphatic carbocycles. The molecule has 2 aromatic rings. The highest BCUT2D eigenvalue weighted by Gasteiger charge is 2.09. The smallest absolute Gasteiger partial charge is 0.141 e. The van der Waals surface area contributed by atoms with Gasteiger partial charge >= 0.3 is 0 Å². The van der Waals surface area contributed by atoms with E-state index in [1.807, 2.05) is 42.1 Å². The summed E-state index contributed by atoms with van der Waals surface area (Å²) in [6.45, 7) is 0.471. The van der Waals surface area contributed by atoms with E-state index in [2.05, 4.69) is 20.9 Å². The molecule has 0 atom stereocenters. The van der Waals surface area contributed by atoms with Gasteiger partial charge in [-0.3, -0.25) is 0 Å². The zero-order chi connectivity index (χ0) is 10.8. The molecule has 0 aliphatic rings. The number of imidazole rings is 1. The zero-order valence-corrected chi connectivity index (χ0v) is 10.0. The minimum absolute atomic E-state index is 0.471. The summed E-state index contributed by atoms with van der Waals surface area (Å²) in [6.07, 6.45) is 1.95. The molecule has 15 heavy (non-hydrogen) atoms. The van der Waals surface area contributed by atoms with Crippen LogP contribution in [-0.2, 0) is 13.6 Å². The van der Waals surface area contributed by atoms with E-state index in [1.165, 1.54) is 0 Å². The summed E-state index contributed by atoms with van der Waals surface area (Å²) < 4.78 is 3.03. The summed E-state index contributed by atoms with van der Waals surface area (Å²) in [4.78, 5) is 4.47. The Morgan fingerprint density at radius 2 is 2.13 bits per heavy atom. The molecule has 2 N–H and O–H groups in total. The van der Waals surface area contributed by atoms with Gasteiger partial charge in [0.2, 0.25) is 0 Å². The molecular formula is C11H12BrN3. The van der Waals surface area contributed by atoms with Gasteiger partial charge in [-0.15, -0.1) is 0 Å². The van der Waals surface area contributed by atoms with Crippen LogP contribution >= 0.6 is 15.9 Å². The average Bonchev–Trinajstić information content (AvgIpc) is 2.60. The lowest BCUT2D eigenvalue weighted by molar-refractivity contribution is 0.920. The first-order chi connectivity index (χ1) is 7.22. The van der Waals surface area contributed by atoms with Crippen molar-refractivity contribution < 1.29 is 0 Å². The normalized spacial score (nSPS) is 10.6. The molecule has 0 aliphatic heterocycles. The predicted molar refractivity (Wildman–Crippen MR) is 64.2 cm³/mol. The van der Waals surface area contributed by atoms with Gasteiger partial charge in [-0.25, -0.2) is 4.98 Å². The first-order valence-corrected chi connectivity index (χ1v) is 5.49. The Bertz CT molecular complexity index is 476. The van der Waals surface area contributed by atoms with Crippen molar-refractivity contribution in [2.75, 3.05) is 0 Å². The molecule has 0 radical (unpaired) electrons. The van der Waals surface area contributed by atoms with Crippen LogP contribution in [0.5, 0.6) is 0 Å². The van der Waals surface area contributed by atoms with Crippen LogP contribution in [0.15, 0.2) is 34.9 Å². The van der Waals surface area contributed by atoms with Gasteiger partial charge in [0.15, 0.2) is 0 Å². The van der Waals surface area contributed by atoms with Crippen molar-refractivity contribution in [3.05, 3.63) is 40.6 Å². The molecule has 0 bridgehead atoms. The van der Waals surface area contributed by atoms with E-state index in [9.17, 15) is 0 Å². The molecule has 0 fully saturated rings. The van der Waals surface area contributed by atoms with Crippen molar-refractivity contribution in [3.63, 3.8) is 0 Å². The molecule has 0 amide bonds. The van der Waals surface area contributed by atoms with Crippen LogP contribution < -0.4 is 5.73 Å². The number of halogens is 1. The first-order valence-electron chi connectivity index (χ1n) is 4.69. The molecule has 78 valence electrons. The highest BCUT2D eigenvalue weighted by molar-refractivity contribution is 9.10. The van der Waals surface area contributed by atoms with Crippen molar-refractivity contribution >= 4 is 15.9 Å². The SMILES string of the molecule is Cn1cc(CN)nc1-c1ccccc1Br. The van der Waals surface area contributed by atoms with Gasteiger partial charge in [0.05, 0.1) is 5.69 Å². The van der Waals surface area contributed by atoms with Gasteiger partial charge in [0, 0.05) is 29.8 Å². The quantitative estimate of drug-likeness (QED) is 0.906. The molecule has 0 unspecified atom stereocenters. The van der Waals surface area contributed by atoms with Crippen molar-refractivity contribution in [3.8, 4) is 11.4 Å². The molecule has 1 heterocycles. The Kier molecular flexibility index (Phi) is 2.88. The monoisotopic (exact) mass is 265 g/mol. The Morgan fingerprint density at radius 3 is 2.73 bits per heavy atom. The third-order valence-corrected chi connectivity index (χ3v) is 2.94. The zero-order valence-electron chi connectivity index (χ0n) is 8.44. The maximum Gasteiger partial charge on any atom is 0.141 e. The fraction of sp³-hybridized carbons (Fsp3) is 0.182. The average molecular weight is 266 g/mol. The molecule has 1 aromatic carbocycles. The largest absolute Gasteiger partial charge is 0.334 e. The second-order valence-electron chi connectivity index (χ2n) is 3.35. The maximum absolute atomic E-state index is 5.56. The fourth-order valence-corrected chi connectivity index (χ4v) is 1.98. The lowest BCUT2D eigenvalue weighted by Crippen LogP contribution is -1.95. The van der Waals surface area contributed by atoms with Gasteiger partial charge in [-0.05, 0) is 6.07 Å². The highest BCUT2D eigenvalue weighted by atomic mass is 79.9. The second-order valence-corrected chi connectivity index (χ2v) is 4.21. The minimum Gasteiger partial charge on any atom is -0.334 e. The number of hydrogen-bond acceptors (Lipinski definition) is 2. The number of rotatable bonds is 2. The number of benzene rings is 1. The van der Waals surface area contributed by atoms with E-state index in [0.29, 0.717) is 6.54 Å². The molecule has 0 saturated carbocycles. The number of nitrogens with zero attached hydrogens (tertiary/aromatic N) is 2. The van der Waals surface area contributed by atoms with Gasteiger partial charge in [0.1, 0.15) is 5.82 Å². The second kappa shape index (κ2) is 4.16. The number of aryl methyl sites for hydroxylation is 1. The van der Waals surface area contributed by atoms with E-state index in [0.717, 1.165) is 21.6 Å². The summed E-state index contributed by atoms with van der Waals surface area (Å²) >= 11 is 3.51. The third-order valence-electron chi connectivity index (χ3n) is 2.25. The van der Waals surface area contributed by atoms with Crippen LogP contribution in [0.2, 0.25) is 0 Å². The Balaban J connectivity index is 2.54. The van der Waals surface area contributed by atoms with Gasteiger partial charge in [-0.2, -0.15) is 0 Å². The van der Waals surface area contributed by atoms with E-state index in [1.54, 1.807) is 0 Å². The van der Waals surface area contributed by atoms with E-state index in [-0.39, 0.29) is 0 Å². The van der Waals surface area contributed by atoms with Crippen molar-refractivity contribution in [2.45, 2.75) is 6.54 Å². The molecule has 2 rings (SSSR count). The number of hydrogen-bond donors (Lipinski definition) is 1. The van der Waals surface area contributed by atoms with Gasteiger partial charge in [0.25, 0.3) is 0 Å². The number of nitrogens with two attached hydrogens (primary N) is 1. The Labute approximate surface area is 97.1 Å². The maximum atomic E-state index is 5.56. The molecule has 0 spiro atoms. The number of aromatic nitrogens is 2. The van der Waals surface area contributed by atoms with Crippen LogP contribution in [0.25, 0.3) is 11.4 Å². The van der Waals surface area contributed by atoms with Crippen LogP contribution in [0.3, 0.4) is 0 Å². The summed E-state index contributed by atoms with van der Waals surface area (Å²) in [5.74, 6) is 0.933. The standard InChI is InChI=1S/C11H12BrN3/c1-15-7-8(6-13)14-11(15)9-4-2-3-5-10(9)12/h2-5,7H,6,13H2,1H3. The van der Waals surface area contributed by atoms with Gasteiger partial charge in [-0.1, -0.05) is 34.1 Å². The third kappa shape index (κ3) is 1.96. The molecule has 1 aromatic heterocycles. The molecule has 0 saturated heterocycles. The highest BCUT2D eigenvalue weighted by Crippen LogP contribution is 2.26. The topological polar surface area (TPSA) is 43.8 Å². The summed E-state index contributed by atoms with van der Waals surface area (Å²) in [6, 6.07) is 8.02. The van der Waals surface area contributed by atoms with Crippen molar-refractivity contribution in [1.29, 1.82) is 0 Å². The van der Waals surface area contributed by atoms with Gasteiger partial charge < -0.3 is 10.3 Å². The predicted octanol–water partition coefficient (Wildman–Crippen LogP) is 2.31. The summed E-state index contributed by atoms with van der Waals surface area (Å²) in [5, 5.41) is 0. The van der Waals surface area contributed by atoms with Crippen LogP contribution in [-0.4, -0.2) is 9.55 Å². The van der Waals surface area contributed by atoms with Crippen LogP contribution in [0, 0.1) is 0 Å². The molecule has 4 heteroatoms. The van der Waals surface area contributed by atoms with E-state index in [4.69, 9.17) is 5.73 Å². The van der Waals surface area contributed by atoms with Crippen LogP contribution in [0.4, 0.5) is 0 Å². The minimum atomic E-state index is 0.471. The van der Waals surface area contributed by atoms with Crippen LogP contribution in [0.1, 0.15) is 5.69 Å². The summed E-state index contributed by atoms with van der Waals surface area (Å²) in [5.41, 5.74) is 7.55. The van der Waals surface area contributed by atoms with E-state index < -0.39 is 0 Å². The first kappa shape index (κ1) is 10.4. The molecular weight excluding hydrogens is 254 g/mol. The van der Waals surface area contributed by atoms with Crippen molar-refractivity contribution in [1.82, 2.24) is 9.55 Å².